The van der Waals surface area contributed by atoms with Crippen LogP contribution in [0.2, 0.25) is 0 Å². The normalized spacial score (nSPS) is 9.63. The molecule has 0 saturated heterocycles. The molecule has 264 valence electrons. The van der Waals surface area contributed by atoms with Crippen molar-refractivity contribution >= 4 is 22.7 Å². The maximum atomic E-state index is 4.71. The third-order valence-electron chi connectivity index (χ3n) is 6.90. The molecule has 0 aromatic carbocycles. The molecule has 0 spiro atoms. The first-order valence-electron chi connectivity index (χ1n) is 15.9. The summed E-state index contributed by atoms with van der Waals surface area (Å²) in [5.41, 5.74) is 12.5. The van der Waals surface area contributed by atoms with Crippen LogP contribution >= 0.6 is 22.7 Å². The molecule has 0 unspecified atom stereocenters. The third kappa shape index (κ3) is 17.6. The third-order valence-corrected chi connectivity index (χ3v) is 8.65. The minimum absolute atomic E-state index is 0.873. The Bertz CT molecular complexity index is 1690. The SMILES string of the molecule is Cc1cc(C)ncn1.Cc1cc(C)on1.Cc1cnc(C)cn1.Cc1nc(C)c(C)c(C)c1C.Cc1nc(C)c(C)s1.Cc1nnc(C)s1. The summed E-state index contributed by atoms with van der Waals surface area (Å²) >= 11 is 3.38. The Hall–Kier alpha value is -4.29. The first-order chi connectivity index (χ1) is 22.9. The van der Waals surface area contributed by atoms with E-state index in [1.54, 1.807) is 41.4 Å². The molecule has 10 nitrogen and oxygen atoms in total. The molecular weight excluding hydrogens is 651 g/mol. The minimum atomic E-state index is 0.873. The van der Waals surface area contributed by atoms with E-state index in [0.717, 1.165) is 55.6 Å². The zero-order valence-corrected chi connectivity index (χ0v) is 33.8. The zero-order valence-electron chi connectivity index (χ0n) is 32.1. The van der Waals surface area contributed by atoms with Crippen molar-refractivity contribution < 1.29 is 4.52 Å². The van der Waals surface area contributed by atoms with Gasteiger partial charge in [0.2, 0.25) is 0 Å². The molecule has 0 saturated carbocycles. The van der Waals surface area contributed by atoms with E-state index in [1.807, 2.05) is 81.4 Å². The molecule has 0 amide bonds. The van der Waals surface area contributed by atoms with Gasteiger partial charge in [-0.15, -0.1) is 32.9 Å². The molecule has 0 bridgehead atoms. The van der Waals surface area contributed by atoms with Gasteiger partial charge < -0.3 is 4.52 Å². The van der Waals surface area contributed by atoms with Crippen molar-refractivity contribution in [1.82, 2.24) is 45.3 Å². The van der Waals surface area contributed by atoms with Crippen LogP contribution in [0.1, 0.15) is 87.9 Å². The topological polar surface area (TPSA) is 129 Å². The van der Waals surface area contributed by atoms with Gasteiger partial charge in [-0.3, -0.25) is 15.0 Å². The fourth-order valence-electron chi connectivity index (χ4n) is 3.81. The van der Waals surface area contributed by atoms with Crippen molar-refractivity contribution in [3.8, 4) is 0 Å². The van der Waals surface area contributed by atoms with Gasteiger partial charge in [0.1, 0.15) is 22.1 Å². The first kappa shape index (κ1) is 42.7. The summed E-state index contributed by atoms with van der Waals surface area (Å²) < 4.78 is 4.71. The zero-order chi connectivity index (χ0) is 37.3. The van der Waals surface area contributed by atoms with E-state index in [9.17, 15) is 0 Å². The second-order valence-corrected chi connectivity index (χ2v) is 14.3. The van der Waals surface area contributed by atoms with E-state index >= 15 is 0 Å². The number of rotatable bonds is 0. The lowest BCUT2D eigenvalue weighted by Crippen LogP contribution is -1.98. The van der Waals surface area contributed by atoms with Crippen molar-refractivity contribution in [3.05, 3.63) is 119 Å². The Morgan fingerprint density at radius 2 is 0.939 bits per heavy atom. The number of aryl methyl sites for hydroxylation is 13. The number of hydrogen-bond acceptors (Lipinski definition) is 12. The summed E-state index contributed by atoms with van der Waals surface area (Å²) in [5, 5.41) is 14.5. The van der Waals surface area contributed by atoms with Gasteiger partial charge in [0, 0.05) is 46.1 Å². The standard InChI is InChI=1S/C10H15N.2C6H8N2.C6H9NS.C5H7NO.C4H6N2S/c1-6-7(2)9(4)11-10(5)8(6)3;1-5-3-8-6(2)4-7-5;1-5-3-6(2)8-4-7-5;1-4-5(2)8-6(3)7-4;1-4-3-5(2)7-6-4;1-3-5-6-4(2)7-3/h1-5H3;2*3-4H,1-2H3;1-3H3;3H,1-2H3;1-2H3. The van der Waals surface area contributed by atoms with Crippen LogP contribution in [0, 0.1) is 111 Å². The number of thiazole rings is 1. The molecule has 6 heterocycles. The summed E-state index contributed by atoms with van der Waals surface area (Å²) in [6, 6.07) is 3.83. The van der Waals surface area contributed by atoms with E-state index in [0.29, 0.717) is 0 Å². The molecule has 0 aliphatic rings. The van der Waals surface area contributed by atoms with Crippen molar-refractivity contribution in [3.63, 3.8) is 0 Å². The molecule has 6 aromatic heterocycles. The summed E-state index contributed by atoms with van der Waals surface area (Å²) in [4.78, 5) is 25.9. The van der Waals surface area contributed by atoms with Crippen LogP contribution in [0.15, 0.2) is 35.4 Å². The number of nitrogens with zero attached hydrogens (tertiary/aromatic N) is 9. The monoisotopic (exact) mass is 703 g/mol. The number of pyridine rings is 1. The van der Waals surface area contributed by atoms with Gasteiger partial charge in [-0.2, -0.15) is 0 Å². The average Bonchev–Trinajstić information content (AvgIpc) is 3.70. The average molecular weight is 704 g/mol. The predicted octanol–water partition coefficient (Wildman–Crippen LogP) is 9.33. The van der Waals surface area contributed by atoms with Crippen LogP contribution in [0.3, 0.4) is 0 Å². The lowest BCUT2D eigenvalue weighted by molar-refractivity contribution is 0.393. The Morgan fingerprint density at radius 1 is 0.449 bits per heavy atom. The predicted molar refractivity (Wildman–Crippen MR) is 203 cm³/mol. The van der Waals surface area contributed by atoms with Gasteiger partial charge in [-0.25, -0.2) is 15.0 Å². The Labute approximate surface area is 301 Å². The van der Waals surface area contributed by atoms with Gasteiger partial charge in [-0.05, 0) is 134 Å². The van der Waals surface area contributed by atoms with Gasteiger partial charge in [0.05, 0.1) is 27.8 Å². The second-order valence-electron chi connectivity index (χ2n) is 11.6. The van der Waals surface area contributed by atoms with Crippen molar-refractivity contribution in [1.29, 1.82) is 0 Å². The van der Waals surface area contributed by atoms with Crippen LogP contribution in [-0.2, 0) is 0 Å². The highest BCUT2D eigenvalue weighted by Gasteiger charge is 2.04. The first-order valence-corrected chi connectivity index (χ1v) is 17.5. The van der Waals surface area contributed by atoms with Crippen LogP contribution in [-0.4, -0.2) is 45.3 Å². The van der Waals surface area contributed by atoms with Crippen LogP contribution in [0.25, 0.3) is 0 Å². The van der Waals surface area contributed by atoms with Crippen molar-refractivity contribution in [2.24, 2.45) is 0 Å². The maximum absolute atomic E-state index is 4.71. The minimum Gasteiger partial charge on any atom is -0.361 e. The van der Waals surface area contributed by atoms with Crippen molar-refractivity contribution in [2.45, 2.75) is 111 Å². The van der Waals surface area contributed by atoms with Gasteiger partial charge in [0.15, 0.2) is 0 Å². The summed E-state index contributed by atoms with van der Waals surface area (Å²) in [5.74, 6) is 0.873. The van der Waals surface area contributed by atoms with Gasteiger partial charge in [-0.1, -0.05) is 5.16 Å². The van der Waals surface area contributed by atoms with E-state index in [2.05, 4.69) is 86.8 Å². The number of aromatic nitrogens is 9. The van der Waals surface area contributed by atoms with Gasteiger partial charge >= 0.3 is 0 Å². The highest BCUT2D eigenvalue weighted by molar-refractivity contribution is 7.11. The molecule has 0 fully saturated rings. The second kappa shape index (κ2) is 21.6. The highest BCUT2D eigenvalue weighted by Crippen LogP contribution is 2.17. The largest absolute Gasteiger partial charge is 0.361 e. The molecule has 12 heteroatoms. The highest BCUT2D eigenvalue weighted by atomic mass is 32.1. The summed E-state index contributed by atoms with van der Waals surface area (Å²) in [6.07, 6.45) is 5.09. The molecule has 0 radical (unpaired) electrons. The van der Waals surface area contributed by atoms with E-state index in [-0.39, 0.29) is 0 Å². The Morgan fingerprint density at radius 3 is 1.16 bits per heavy atom. The molecule has 49 heavy (non-hydrogen) atoms. The number of hydrogen-bond donors (Lipinski definition) is 0. The quantitative estimate of drug-likeness (QED) is 0.151. The molecule has 0 aliphatic heterocycles. The fraction of sp³-hybridized carbons (Fsp3) is 0.432. The lowest BCUT2D eigenvalue weighted by atomic mass is 10.0. The molecule has 0 atom stereocenters. The molecule has 6 rings (SSSR count). The van der Waals surface area contributed by atoms with Gasteiger partial charge in [0.25, 0.3) is 0 Å². The maximum Gasteiger partial charge on any atom is 0.133 e. The lowest BCUT2D eigenvalue weighted by Gasteiger charge is -2.09. The Kier molecular flexibility index (Phi) is 18.9. The summed E-state index contributed by atoms with van der Waals surface area (Å²) in [6.45, 7) is 32.1. The van der Waals surface area contributed by atoms with E-state index in [4.69, 9.17) is 4.52 Å². The molecular formula is C37H53N9OS2. The van der Waals surface area contributed by atoms with Crippen molar-refractivity contribution in [2.75, 3.05) is 0 Å². The fourth-order valence-corrected chi connectivity index (χ4v) is 5.22. The van der Waals surface area contributed by atoms with Crippen LogP contribution in [0.5, 0.6) is 0 Å². The van der Waals surface area contributed by atoms with E-state index < -0.39 is 0 Å². The molecule has 6 aromatic rings. The molecule has 0 N–H and O–H groups in total. The smallest absolute Gasteiger partial charge is 0.133 e. The summed E-state index contributed by atoms with van der Waals surface area (Å²) in [7, 11) is 0. The Balaban J connectivity index is 0.000000296. The molecule has 0 aliphatic carbocycles. The van der Waals surface area contributed by atoms with Crippen LogP contribution in [0.4, 0.5) is 0 Å². The van der Waals surface area contributed by atoms with Crippen LogP contribution < -0.4 is 0 Å². The van der Waals surface area contributed by atoms with E-state index in [1.165, 1.54) is 32.3 Å².